The van der Waals surface area contributed by atoms with Gasteiger partial charge in [-0.3, -0.25) is 0 Å². The zero-order valence-electron chi connectivity index (χ0n) is 9.79. The van der Waals surface area contributed by atoms with Crippen LogP contribution in [0.2, 0.25) is 0 Å². The fraction of sp³-hybridized carbons (Fsp3) is 0.538. The van der Waals surface area contributed by atoms with Gasteiger partial charge in [-0.1, -0.05) is 28.8 Å². The maximum absolute atomic E-state index is 10.2. The third-order valence-electron chi connectivity index (χ3n) is 3.28. The highest BCUT2D eigenvalue weighted by molar-refractivity contribution is 9.10. The molecule has 1 saturated carbocycles. The van der Waals surface area contributed by atoms with Crippen molar-refractivity contribution in [2.75, 3.05) is 6.61 Å². The highest BCUT2D eigenvalue weighted by atomic mass is 79.9. The van der Waals surface area contributed by atoms with E-state index in [-0.39, 0.29) is 0 Å². The molecule has 0 amide bonds. The summed E-state index contributed by atoms with van der Waals surface area (Å²) in [5.41, 5.74) is 6.01. The van der Waals surface area contributed by atoms with Crippen molar-refractivity contribution in [3.8, 4) is 5.75 Å². The molecule has 17 heavy (non-hydrogen) atoms. The first-order chi connectivity index (χ1) is 8.13. The minimum absolute atomic E-state index is 0.374. The van der Waals surface area contributed by atoms with Gasteiger partial charge in [-0.05, 0) is 36.6 Å². The van der Waals surface area contributed by atoms with E-state index in [1.165, 1.54) is 0 Å². The molecule has 3 nitrogen and oxygen atoms in total. The molecule has 0 heterocycles. The van der Waals surface area contributed by atoms with Crippen LogP contribution in [-0.4, -0.2) is 17.3 Å². The smallest absolute Gasteiger partial charge is 0.119 e. The molecule has 1 aliphatic rings. The second-order valence-corrected chi connectivity index (χ2v) is 5.53. The molecule has 0 radical (unpaired) electrons. The third kappa shape index (κ3) is 3.21. The number of hydrogen-bond donors (Lipinski definition) is 2. The molecule has 0 bridgehead atoms. The predicted molar refractivity (Wildman–Crippen MR) is 70.9 cm³/mol. The normalized spacial score (nSPS) is 18.3. The first-order valence-electron chi connectivity index (χ1n) is 5.97. The number of ether oxygens (including phenoxy) is 1. The summed E-state index contributed by atoms with van der Waals surface area (Å²) in [6.07, 6.45) is 3.86. The summed E-state index contributed by atoms with van der Waals surface area (Å²) in [4.78, 5) is 0. The summed E-state index contributed by atoms with van der Waals surface area (Å²) in [5.74, 6) is 0.772. The maximum atomic E-state index is 10.2. The molecule has 0 aliphatic heterocycles. The quantitative estimate of drug-likeness (QED) is 0.898. The van der Waals surface area contributed by atoms with Gasteiger partial charge in [0, 0.05) is 11.0 Å². The van der Waals surface area contributed by atoms with Crippen LogP contribution in [0.5, 0.6) is 5.75 Å². The Morgan fingerprint density at radius 3 is 2.71 bits per heavy atom. The van der Waals surface area contributed by atoms with Gasteiger partial charge in [0.1, 0.15) is 12.4 Å². The van der Waals surface area contributed by atoms with E-state index in [1.807, 2.05) is 18.2 Å². The molecule has 0 atom stereocenters. The van der Waals surface area contributed by atoms with Crippen molar-refractivity contribution in [1.29, 1.82) is 0 Å². The molecule has 0 spiro atoms. The van der Waals surface area contributed by atoms with Crippen LogP contribution in [0, 0.1) is 0 Å². The predicted octanol–water partition coefficient (Wildman–Crippen LogP) is 2.59. The maximum Gasteiger partial charge on any atom is 0.119 e. The largest absolute Gasteiger partial charge is 0.491 e. The number of benzene rings is 1. The summed E-state index contributed by atoms with van der Waals surface area (Å²) < 4.78 is 6.66. The van der Waals surface area contributed by atoms with Crippen molar-refractivity contribution in [3.05, 3.63) is 28.2 Å². The number of rotatable bonds is 4. The van der Waals surface area contributed by atoms with E-state index in [2.05, 4.69) is 15.9 Å². The Balaban J connectivity index is 1.99. The van der Waals surface area contributed by atoms with Crippen molar-refractivity contribution in [3.63, 3.8) is 0 Å². The van der Waals surface area contributed by atoms with Crippen LogP contribution >= 0.6 is 15.9 Å². The number of aliphatic hydroxyl groups is 1. The Kier molecular flexibility index (Phi) is 4.07. The Labute approximate surface area is 110 Å². The first kappa shape index (κ1) is 12.9. The van der Waals surface area contributed by atoms with Gasteiger partial charge in [-0.15, -0.1) is 0 Å². The molecule has 0 saturated heterocycles. The third-order valence-corrected chi connectivity index (χ3v) is 4.05. The number of hydrogen-bond acceptors (Lipinski definition) is 3. The average molecular weight is 300 g/mol. The van der Waals surface area contributed by atoms with Gasteiger partial charge < -0.3 is 15.6 Å². The zero-order chi connectivity index (χ0) is 12.3. The summed E-state index contributed by atoms with van der Waals surface area (Å²) in [5, 5.41) is 10.2. The van der Waals surface area contributed by atoms with E-state index in [9.17, 15) is 5.11 Å². The molecular formula is C13H18BrNO2. The molecule has 4 heteroatoms. The van der Waals surface area contributed by atoms with Crippen molar-refractivity contribution < 1.29 is 9.84 Å². The van der Waals surface area contributed by atoms with Crippen LogP contribution in [0.3, 0.4) is 0 Å². The Morgan fingerprint density at radius 2 is 2.06 bits per heavy atom. The Hall–Kier alpha value is -0.580. The lowest BCUT2D eigenvalue weighted by molar-refractivity contribution is 0.00138. The molecule has 1 aliphatic carbocycles. The lowest BCUT2D eigenvalue weighted by Gasteiger charge is -2.22. The van der Waals surface area contributed by atoms with E-state index >= 15 is 0 Å². The fourth-order valence-electron chi connectivity index (χ4n) is 2.19. The van der Waals surface area contributed by atoms with Gasteiger partial charge in [-0.25, -0.2) is 0 Å². The van der Waals surface area contributed by atoms with Gasteiger partial charge in [0.2, 0.25) is 0 Å². The average Bonchev–Trinajstić information content (AvgIpc) is 2.76. The summed E-state index contributed by atoms with van der Waals surface area (Å²) in [6.45, 7) is 0.848. The molecule has 2 rings (SSSR count). The van der Waals surface area contributed by atoms with Crippen LogP contribution in [0.4, 0.5) is 0 Å². The van der Waals surface area contributed by atoms with Crippen LogP contribution in [-0.2, 0) is 6.54 Å². The van der Waals surface area contributed by atoms with Crippen LogP contribution < -0.4 is 10.5 Å². The SMILES string of the molecule is NCc1cc(OCC2(O)CCCC2)ccc1Br. The monoisotopic (exact) mass is 299 g/mol. The van der Waals surface area contributed by atoms with Gasteiger partial charge >= 0.3 is 0 Å². The lowest BCUT2D eigenvalue weighted by Crippen LogP contribution is -2.32. The second-order valence-electron chi connectivity index (χ2n) is 4.68. The number of nitrogens with two attached hydrogens (primary N) is 1. The van der Waals surface area contributed by atoms with E-state index in [4.69, 9.17) is 10.5 Å². The molecule has 1 fully saturated rings. The van der Waals surface area contributed by atoms with Gasteiger partial charge in [0.25, 0.3) is 0 Å². The summed E-state index contributed by atoms with van der Waals surface area (Å²) >= 11 is 3.43. The van der Waals surface area contributed by atoms with E-state index in [0.29, 0.717) is 13.2 Å². The summed E-state index contributed by atoms with van der Waals surface area (Å²) in [6, 6.07) is 5.74. The highest BCUT2D eigenvalue weighted by Gasteiger charge is 2.31. The molecule has 3 N–H and O–H groups in total. The van der Waals surface area contributed by atoms with E-state index in [0.717, 1.165) is 41.5 Å². The Bertz CT molecular complexity index is 389. The van der Waals surface area contributed by atoms with Crippen molar-refractivity contribution in [2.45, 2.75) is 37.8 Å². The first-order valence-corrected chi connectivity index (χ1v) is 6.76. The zero-order valence-corrected chi connectivity index (χ0v) is 11.4. The Morgan fingerprint density at radius 1 is 1.35 bits per heavy atom. The molecule has 0 aromatic heterocycles. The van der Waals surface area contributed by atoms with Crippen LogP contribution in [0.15, 0.2) is 22.7 Å². The molecule has 1 aromatic rings. The van der Waals surface area contributed by atoms with E-state index < -0.39 is 5.60 Å². The van der Waals surface area contributed by atoms with Crippen LogP contribution in [0.25, 0.3) is 0 Å². The van der Waals surface area contributed by atoms with Gasteiger partial charge in [0.15, 0.2) is 0 Å². The summed E-state index contributed by atoms with van der Waals surface area (Å²) in [7, 11) is 0. The molecule has 94 valence electrons. The van der Waals surface area contributed by atoms with E-state index in [1.54, 1.807) is 0 Å². The lowest BCUT2D eigenvalue weighted by atomic mass is 10.0. The molecule has 0 unspecified atom stereocenters. The minimum atomic E-state index is -0.629. The highest BCUT2D eigenvalue weighted by Crippen LogP contribution is 2.30. The standard InChI is InChI=1S/C13H18BrNO2/c14-12-4-3-11(7-10(12)8-15)17-9-13(16)5-1-2-6-13/h3-4,7,16H,1-2,5-6,8-9,15H2. The van der Waals surface area contributed by atoms with Gasteiger partial charge in [0.05, 0.1) is 5.60 Å². The topological polar surface area (TPSA) is 55.5 Å². The van der Waals surface area contributed by atoms with Crippen molar-refractivity contribution in [2.24, 2.45) is 5.73 Å². The second kappa shape index (κ2) is 5.38. The molecule has 1 aromatic carbocycles. The minimum Gasteiger partial charge on any atom is -0.491 e. The molecular weight excluding hydrogens is 282 g/mol. The van der Waals surface area contributed by atoms with Crippen LogP contribution in [0.1, 0.15) is 31.2 Å². The van der Waals surface area contributed by atoms with Gasteiger partial charge in [-0.2, -0.15) is 0 Å². The van der Waals surface area contributed by atoms with Crippen molar-refractivity contribution in [1.82, 2.24) is 0 Å². The number of halogens is 1. The fourth-order valence-corrected chi connectivity index (χ4v) is 2.60. The van der Waals surface area contributed by atoms with Crippen molar-refractivity contribution >= 4 is 15.9 Å².